The summed E-state index contributed by atoms with van der Waals surface area (Å²) in [4.78, 5) is 19.9. The van der Waals surface area contributed by atoms with E-state index >= 15 is 0 Å². The van der Waals surface area contributed by atoms with Gasteiger partial charge in [0, 0.05) is 0 Å². The van der Waals surface area contributed by atoms with E-state index in [1.165, 1.54) is 0 Å². The van der Waals surface area contributed by atoms with Crippen molar-refractivity contribution < 1.29 is 18.8 Å². The van der Waals surface area contributed by atoms with Gasteiger partial charge < -0.3 is 14.7 Å². The number of nitrogens with one attached hydrogen (secondary N) is 1. The van der Waals surface area contributed by atoms with E-state index < -0.39 is 13.4 Å². The fourth-order valence-corrected chi connectivity index (χ4v) is 2.48. The van der Waals surface area contributed by atoms with Crippen molar-refractivity contribution in [1.82, 2.24) is 5.32 Å². The SMILES string of the molecule is CCC(NC=O)P(=O)(O)Oc1ccccc1. The quantitative estimate of drug-likeness (QED) is 0.589. The minimum absolute atomic E-state index is 0.305. The lowest BCUT2D eigenvalue weighted by molar-refractivity contribution is -0.109. The smallest absolute Gasteiger partial charge is 0.398 e. The minimum atomic E-state index is -3.88. The maximum atomic E-state index is 11.8. The molecule has 6 heteroatoms. The molecular weight excluding hydrogens is 229 g/mol. The molecule has 0 spiro atoms. The van der Waals surface area contributed by atoms with Crippen LogP contribution >= 0.6 is 7.60 Å². The Labute approximate surface area is 94.0 Å². The molecule has 0 aliphatic heterocycles. The van der Waals surface area contributed by atoms with Crippen LogP contribution in [0.25, 0.3) is 0 Å². The van der Waals surface area contributed by atoms with E-state index in [1.807, 2.05) is 0 Å². The summed E-state index contributed by atoms with van der Waals surface area (Å²) in [7, 11) is -3.88. The van der Waals surface area contributed by atoms with E-state index in [4.69, 9.17) is 4.52 Å². The average molecular weight is 243 g/mol. The van der Waals surface area contributed by atoms with Gasteiger partial charge in [-0.15, -0.1) is 0 Å². The average Bonchev–Trinajstić information content (AvgIpc) is 2.26. The molecular formula is C10H14NO4P. The molecule has 0 radical (unpaired) electrons. The van der Waals surface area contributed by atoms with Crippen molar-refractivity contribution in [2.45, 2.75) is 19.1 Å². The molecule has 1 aromatic rings. The first-order chi connectivity index (χ1) is 7.60. The fraction of sp³-hybridized carbons (Fsp3) is 0.300. The van der Waals surface area contributed by atoms with Crippen LogP contribution in [0.1, 0.15) is 13.3 Å². The first-order valence-electron chi connectivity index (χ1n) is 4.87. The highest BCUT2D eigenvalue weighted by atomic mass is 31.2. The molecule has 0 heterocycles. The number of rotatable bonds is 6. The molecule has 0 saturated carbocycles. The molecule has 2 N–H and O–H groups in total. The zero-order valence-electron chi connectivity index (χ0n) is 8.87. The maximum Gasteiger partial charge on any atom is 0.398 e. The van der Waals surface area contributed by atoms with Gasteiger partial charge in [-0.1, -0.05) is 25.1 Å². The molecule has 0 saturated heterocycles. The third-order valence-electron chi connectivity index (χ3n) is 2.02. The van der Waals surface area contributed by atoms with Gasteiger partial charge in [-0.25, -0.2) is 4.57 Å². The van der Waals surface area contributed by atoms with E-state index in [9.17, 15) is 14.3 Å². The van der Waals surface area contributed by atoms with E-state index in [0.29, 0.717) is 18.6 Å². The van der Waals surface area contributed by atoms with Gasteiger partial charge in [0.05, 0.1) is 0 Å². The van der Waals surface area contributed by atoms with Gasteiger partial charge >= 0.3 is 7.60 Å². The highest BCUT2D eigenvalue weighted by molar-refractivity contribution is 7.54. The van der Waals surface area contributed by atoms with Crippen LogP contribution in [0.15, 0.2) is 30.3 Å². The second-order valence-corrected chi connectivity index (χ2v) is 5.11. The van der Waals surface area contributed by atoms with Gasteiger partial charge in [0.1, 0.15) is 11.5 Å². The Kier molecular flexibility index (Phi) is 4.52. The van der Waals surface area contributed by atoms with Crippen molar-refractivity contribution in [3.63, 3.8) is 0 Å². The summed E-state index contributed by atoms with van der Waals surface area (Å²) in [5.41, 5.74) is 0. The molecule has 5 nitrogen and oxygen atoms in total. The lowest BCUT2D eigenvalue weighted by Crippen LogP contribution is -2.28. The van der Waals surface area contributed by atoms with Crippen molar-refractivity contribution in [3.8, 4) is 5.75 Å². The third-order valence-corrected chi connectivity index (χ3v) is 3.79. The monoisotopic (exact) mass is 243 g/mol. The summed E-state index contributed by atoms with van der Waals surface area (Å²) in [6.45, 7) is 1.69. The van der Waals surface area contributed by atoms with Crippen molar-refractivity contribution in [2.24, 2.45) is 0 Å². The number of hydrogen-bond donors (Lipinski definition) is 2. The number of carbonyl (C=O) groups excluding carboxylic acids is 1. The van der Waals surface area contributed by atoms with E-state index in [2.05, 4.69) is 5.32 Å². The van der Waals surface area contributed by atoms with Gasteiger partial charge in [-0.05, 0) is 18.6 Å². The third kappa shape index (κ3) is 3.36. The van der Waals surface area contributed by atoms with Crippen LogP contribution in [0.3, 0.4) is 0 Å². The number of benzene rings is 1. The Balaban J connectivity index is 2.77. The number of amides is 1. The van der Waals surface area contributed by atoms with Crippen molar-refractivity contribution >= 4 is 14.0 Å². The summed E-state index contributed by atoms with van der Waals surface area (Å²) in [6, 6.07) is 8.33. The summed E-state index contributed by atoms with van der Waals surface area (Å²) in [5.74, 6) is -0.579. The van der Waals surface area contributed by atoms with Gasteiger partial charge in [-0.3, -0.25) is 4.79 Å². The van der Waals surface area contributed by atoms with E-state index in [1.54, 1.807) is 37.3 Å². The Morgan fingerprint density at radius 1 is 1.50 bits per heavy atom. The van der Waals surface area contributed by atoms with Crippen molar-refractivity contribution in [3.05, 3.63) is 30.3 Å². The van der Waals surface area contributed by atoms with Crippen LogP contribution in [0, 0.1) is 0 Å². The standard InChI is InChI=1S/C10H14NO4P/c1-2-10(11-8-12)16(13,14)15-9-6-4-3-5-7-9/h3-8,10H,2H2,1H3,(H,11,12)(H,13,14). The van der Waals surface area contributed by atoms with E-state index in [0.717, 1.165) is 0 Å². The van der Waals surface area contributed by atoms with E-state index in [-0.39, 0.29) is 0 Å². The highest BCUT2D eigenvalue weighted by Crippen LogP contribution is 2.47. The zero-order chi connectivity index (χ0) is 12.0. The van der Waals surface area contributed by atoms with Gasteiger partial charge in [0.25, 0.3) is 0 Å². The summed E-state index contributed by atoms with van der Waals surface area (Å²) in [6.07, 6.45) is 0.713. The molecule has 2 atom stereocenters. The Morgan fingerprint density at radius 2 is 2.12 bits per heavy atom. The number of carbonyl (C=O) groups is 1. The number of para-hydroxylation sites is 1. The molecule has 2 unspecified atom stereocenters. The largest absolute Gasteiger partial charge is 0.423 e. The summed E-state index contributed by atoms with van der Waals surface area (Å²) >= 11 is 0. The minimum Gasteiger partial charge on any atom is -0.423 e. The summed E-state index contributed by atoms with van der Waals surface area (Å²) < 4.78 is 16.8. The molecule has 1 aromatic carbocycles. The van der Waals surface area contributed by atoms with Crippen LogP contribution in [-0.4, -0.2) is 17.1 Å². The van der Waals surface area contributed by atoms with Crippen LogP contribution in [0.4, 0.5) is 0 Å². The van der Waals surface area contributed by atoms with Gasteiger partial charge in [-0.2, -0.15) is 0 Å². The Morgan fingerprint density at radius 3 is 2.62 bits per heavy atom. The molecule has 0 aliphatic carbocycles. The Hall–Kier alpha value is -1.32. The van der Waals surface area contributed by atoms with Gasteiger partial charge in [0.2, 0.25) is 6.41 Å². The van der Waals surface area contributed by atoms with Crippen molar-refractivity contribution in [1.29, 1.82) is 0 Å². The van der Waals surface area contributed by atoms with Crippen molar-refractivity contribution in [2.75, 3.05) is 0 Å². The lowest BCUT2D eigenvalue weighted by atomic mass is 10.3. The predicted octanol–water partition coefficient (Wildman–Crippen LogP) is 1.73. The second-order valence-electron chi connectivity index (χ2n) is 3.18. The van der Waals surface area contributed by atoms with Crippen LogP contribution in [-0.2, 0) is 9.36 Å². The number of hydrogen-bond acceptors (Lipinski definition) is 3. The van der Waals surface area contributed by atoms with Gasteiger partial charge in [0.15, 0.2) is 0 Å². The fourth-order valence-electron chi connectivity index (χ4n) is 1.22. The normalized spacial score (nSPS) is 15.9. The first-order valence-corrected chi connectivity index (χ1v) is 6.51. The molecule has 0 fully saturated rings. The predicted molar refractivity (Wildman–Crippen MR) is 60.2 cm³/mol. The molecule has 1 amide bonds. The van der Waals surface area contributed by atoms with Crippen LogP contribution in [0.5, 0.6) is 5.75 Å². The van der Waals surface area contributed by atoms with Crippen LogP contribution < -0.4 is 9.84 Å². The maximum absolute atomic E-state index is 11.8. The molecule has 1 rings (SSSR count). The molecule has 0 bridgehead atoms. The Bertz CT molecular complexity index is 382. The summed E-state index contributed by atoms with van der Waals surface area (Å²) in [5, 5.41) is 2.27. The molecule has 0 aliphatic rings. The zero-order valence-corrected chi connectivity index (χ0v) is 9.76. The lowest BCUT2D eigenvalue weighted by Gasteiger charge is -2.21. The molecule has 0 aromatic heterocycles. The van der Waals surface area contributed by atoms with Crippen LogP contribution in [0.2, 0.25) is 0 Å². The molecule has 88 valence electrons. The molecule has 16 heavy (non-hydrogen) atoms. The highest BCUT2D eigenvalue weighted by Gasteiger charge is 2.32. The topological polar surface area (TPSA) is 75.6 Å². The second kappa shape index (κ2) is 5.68. The first kappa shape index (κ1) is 12.7.